The van der Waals surface area contributed by atoms with E-state index in [9.17, 15) is 9.00 Å². The van der Waals surface area contributed by atoms with Gasteiger partial charge in [-0.05, 0) is 56.4 Å². The highest BCUT2D eigenvalue weighted by molar-refractivity contribution is 7.99. The molecule has 0 aromatic carbocycles. The summed E-state index contributed by atoms with van der Waals surface area (Å²) < 4.78 is 21.4. The second kappa shape index (κ2) is 8.82. The van der Waals surface area contributed by atoms with Crippen molar-refractivity contribution in [2.24, 2.45) is 11.8 Å². The quantitative estimate of drug-likeness (QED) is 0.491. The van der Waals surface area contributed by atoms with E-state index >= 15 is 0 Å². The minimum Gasteiger partial charge on any atom is -0.498 e. The third-order valence-corrected chi connectivity index (χ3v) is 7.89. The molecule has 27 heavy (non-hydrogen) atoms. The SMILES string of the molecule is C=S(=O)(NC1C=CC(C(=O)NC2C=C(OCC3CC3)CCC2)CC1)C(C)C. The summed E-state index contributed by atoms with van der Waals surface area (Å²) in [5, 5.41) is 3.15. The predicted octanol–water partition coefficient (Wildman–Crippen LogP) is 2.93. The molecule has 5 nitrogen and oxygen atoms in total. The Morgan fingerprint density at radius 3 is 2.63 bits per heavy atom. The Morgan fingerprint density at radius 2 is 2.00 bits per heavy atom. The zero-order chi connectivity index (χ0) is 19.4. The number of hydrogen-bond donors (Lipinski definition) is 2. The summed E-state index contributed by atoms with van der Waals surface area (Å²) in [7, 11) is -2.30. The van der Waals surface area contributed by atoms with Crippen LogP contribution < -0.4 is 10.0 Å². The maximum Gasteiger partial charge on any atom is 0.227 e. The van der Waals surface area contributed by atoms with Crippen molar-refractivity contribution in [3.05, 3.63) is 24.0 Å². The van der Waals surface area contributed by atoms with Gasteiger partial charge in [0.05, 0.1) is 24.3 Å². The van der Waals surface area contributed by atoms with Crippen molar-refractivity contribution >= 4 is 21.5 Å². The molecule has 0 radical (unpaired) electrons. The monoisotopic (exact) mass is 394 g/mol. The lowest BCUT2D eigenvalue weighted by atomic mass is 9.92. The summed E-state index contributed by atoms with van der Waals surface area (Å²) in [5.74, 6) is 5.57. The molecule has 1 saturated carbocycles. The molecule has 6 heteroatoms. The molecule has 1 fully saturated rings. The number of carbonyl (C=O) groups is 1. The van der Waals surface area contributed by atoms with E-state index in [0.29, 0.717) is 0 Å². The normalized spacial score (nSPS) is 30.5. The summed E-state index contributed by atoms with van der Waals surface area (Å²) in [6.45, 7) is 4.65. The Bertz CT molecular complexity index is 692. The summed E-state index contributed by atoms with van der Waals surface area (Å²) in [5.41, 5.74) is 0. The van der Waals surface area contributed by atoms with Gasteiger partial charge in [0.15, 0.2) is 0 Å². The van der Waals surface area contributed by atoms with E-state index in [-0.39, 0.29) is 29.2 Å². The number of hydrogen-bond acceptors (Lipinski definition) is 3. The van der Waals surface area contributed by atoms with Crippen molar-refractivity contribution in [3.63, 3.8) is 0 Å². The van der Waals surface area contributed by atoms with Gasteiger partial charge < -0.3 is 10.1 Å². The van der Waals surface area contributed by atoms with E-state index in [0.717, 1.165) is 50.4 Å². The van der Waals surface area contributed by atoms with Crippen LogP contribution in [0.1, 0.15) is 58.8 Å². The third kappa shape index (κ3) is 6.11. The number of ether oxygens (including phenoxy) is 1. The largest absolute Gasteiger partial charge is 0.498 e. The average molecular weight is 395 g/mol. The molecular formula is C21H34N2O3S. The van der Waals surface area contributed by atoms with Gasteiger partial charge in [0.2, 0.25) is 5.91 Å². The van der Waals surface area contributed by atoms with Crippen LogP contribution in [-0.4, -0.2) is 39.9 Å². The van der Waals surface area contributed by atoms with Crippen molar-refractivity contribution in [3.8, 4) is 0 Å². The van der Waals surface area contributed by atoms with Gasteiger partial charge >= 0.3 is 0 Å². The zero-order valence-corrected chi connectivity index (χ0v) is 17.4. The van der Waals surface area contributed by atoms with Crippen molar-refractivity contribution < 1.29 is 13.7 Å². The molecule has 4 atom stereocenters. The van der Waals surface area contributed by atoms with Crippen LogP contribution in [0.4, 0.5) is 0 Å². The van der Waals surface area contributed by atoms with Gasteiger partial charge in [-0.2, -0.15) is 0 Å². The van der Waals surface area contributed by atoms with Crippen molar-refractivity contribution in [1.29, 1.82) is 0 Å². The molecule has 0 heterocycles. The smallest absolute Gasteiger partial charge is 0.227 e. The topological polar surface area (TPSA) is 67.4 Å². The molecule has 0 saturated heterocycles. The summed E-state index contributed by atoms with van der Waals surface area (Å²) >= 11 is 0. The minimum atomic E-state index is -2.30. The average Bonchev–Trinajstić information content (AvgIpc) is 3.45. The summed E-state index contributed by atoms with van der Waals surface area (Å²) in [6, 6.07) is 0.0997. The molecule has 0 spiro atoms. The Hall–Kier alpha value is -1.27. The van der Waals surface area contributed by atoms with Gasteiger partial charge in [-0.15, -0.1) is 0 Å². The highest BCUT2D eigenvalue weighted by Crippen LogP contribution is 2.31. The number of carbonyl (C=O) groups excluding carboxylic acids is 1. The Morgan fingerprint density at radius 1 is 1.22 bits per heavy atom. The van der Waals surface area contributed by atoms with Gasteiger partial charge in [0, 0.05) is 27.4 Å². The van der Waals surface area contributed by atoms with Crippen LogP contribution >= 0.6 is 0 Å². The summed E-state index contributed by atoms with van der Waals surface area (Å²) in [6.07, 6.45) is 13.2. The van der Waals surface area contributed by atoms with Crippen LogP contribution in [0.15, 0.2) is 24.0 Å². The van der Waals surface area contributed by atoms with Crippen molar-refractivity contribution in [2.75, 3.05) is 6.61 Å². The number of rotatable bonds is 8. The number of allylic oxidation sites excluding steroid dienone is 1. The third-order valence-electron chi connectivity index (χ3n) is 5.67. The van der Waals surface area contributed by atoms with E-state index in [4.69, 9.17) is 4.74 Å². The fraction of sp³-hybridized carbons (Fsp3) is 0.714. The highest BCUT2D eigenvalue weighted by Gasteiger charge is 2.27. The van der Waals surface area contributed by atoms with Crippen LogP contribution in [0.5, 0.6) is 0 Å². The van der Waals surface area contributed by atoms with Crippen LogP contribution in [0.25, 0.3) is 0 Å². The van der Waals surface area contributed by atoms with Crippen LogP contribution in [0.2, 0.25) is 0 Å². The van der Waals surface area contributed by atoms with Gasteiger partial charge in [-0.1, -0.05) is 26.0 Å². The maximum atomic E-state index is 12.6. The predicted molar refractivity (Wildman–Crippen MR) is 112 cm³/mol. The molecule has 2 N–H and O–H groups in total. The van der Waals surface area contributed by atoms with Gasteiger partial charge in [-0.3, -0.25) is 9.00 Å². The van der Waals surface area contributed by atoms with Crippen LogP contribution in [-0.2, 0) is 19.2 Å². The van der Waals surface area contributed by atoms with E-state index in [1.807, 2.05) is 26.0 Å². The van der Waals surface area contributed by atoms with E-state index in [2.05, 4.69) is 22.0 Å². The lowest BCUT2D eigenvalue weighted by Crippen LogP contribution is -2.42. The Labute approximate surface area is 164 Å². The first-order valence-corrected chi connectivity index (χ1v) is 12.1. The Balaban J connectivity index is 1.48. The van der Waals surface area contributed by atoms with E-state index < -0.39 is 9.71 Å². The first-order chi connectivity index (χ1) is 12.8. The molecule has 0 aliphatic heterocycles. The van der Waals surface area contributed by atoms with Gasteiger partial charge in [0.1, 0.15) is 0 Å². The fourth-order valence-corrected chi connectivity index (χ4v) is 4.43. The molecule has 0 bridgehead atoms. The van der Waals surface area contributed by atoms with Crippen molar-refractivity contribution in [2.45, 2.75) is 76.1 Å². The van der Waals surface area contributed by atoms with Gasteiger partial charge in [0.25, 0.3) is 0 Å². The highest BCUT2D eigenvalue weighted by atomic mass is 32.2. The van der Waals surface area contributed by atoms with Crippen LogP contribution in [0, 0.1) is 11.8 Å². The molecule has 0 aromatic rings. The van der Waals surface area contributed by atoms with Crippen molar-refractivity contribution in [1.82, 2.24) is 10.0 Å². The first-order valence-electron chi connectivity index (χ1n) is 10.3. The molecular weight excluding hydrogens is 360 g/mol. The molecule has 3 aliphatic rings. The lowest BCUT2D eigenvalue weighted by molar-refractivity contribution is -0.124. The first kappa shape index (κ1) is 20.5. The molecule has 3 aliphatic carbocycles. The fourth-order valence-electron chi connectivity index (χ4n) is 3.45. The molecule has 0 aromatic heterocycles. The van der Waals surface area contributed by atoms with E-state index in [1.165, 1.54) is 12.8 Å². The molecule has 3 rings (SSSR count). The number of amides is 1. The standard InChI is InChI=1S/C21H34N2O3S/c1-15(2)27(3,25)23-18-11-9-17(10-12-18)21(24)22-19-5-4-6-20(13-19)26-14-16-7-8-16/h9,11,13,15-19H,3-8,10,12,14H2,1-2H3,(H,22,24)(H,23,25). The van der Waals surface area contributed by atoms with E-state index in [1.54, 1.807) is 0 Å². The molecule has 152 valence electrons. The summed E-state index contributed by atoms with van der Waals surface area (Å²) in [4.78, 5) is 12.6. The second-order valence-corrected chi connectivity index (χ2v) is 11.1. The lowest BCUT2D eigenvalue weighted by Gasteiger charge is -2.28. The Kier molecular flexibility index (Phi) is 6.69. The van der Waals surface area contributed by atoms with Gasteiger partial charge in [-0.25, -0.2) is 4.72 Å². The number of nitrogens with one attached hydrogen (secondary N) is 2. The maximum absolute atomic E-state index is 12.6. The molecule has 4 unspecified atom stereocenters. The van der Waals surface area contributed by atoms with Crippen LogP contribution in [0.3, 0.4) is 0 Å². The zero-order valence-electron chi connectivity index (χ0n) is 16.6. The molecule has 1 amide bonds. The second-order valence-electron chi connectivity index (χ2n) is 8.46. The minimum absolute atomic E-state index is 0.0126.